The van der Waals surface area contributed by atoms with Crippen molar-refractivity contribution < 1.29 is 14.3 Å². The first-order chi connectivity index (χ1) is 12.5. The highest BCUT2D eigenvalue weighted by atomic mass is 32.2. The third-order valence-corrected chi connectivity index (χ3v) is 5.57. The highest BCUT2D eigenvalue weighted by Crippen LogP contribution is 2.36. The van der Waals surface area contributed by atoms with Crippen LogP contribution in [0.2, 0.25) is 0 Å². The number of nitrogens with zero attached hydrogens (tertiary/aromatic N) is 3. The van der Waals surface area contributed by atoms with Crippen LogP contribution in [0.25, 0.3) is 6.08 Å². The van der Waals surface area contributed by atoms with Crippen molar-refractivity contribution in [3.63, 3.8) is 0 Å². The second-order valence-corrected chi connectivity index (χ2v) is 7.15. The summed E-state index contributed by atoms with van der Waals surface area (Å²) in [6.45, 7) is 4.66. The lowest BCUT2D eigenvalue weighted by Crippen LogP contribution is -2.27. The van der Waals surface area contributed by atoms with Crippen LogP contribution < -0.4 is 9.47 Å². The number of ether oxygens (including phenoxy) is 2. The standard InChI is InChI=1S/C19H23N3O3S/c1-12-14(13(2)21(3)20-12)11-17-22(9-10-26-17)19(23)18-15(24-4)7-6-8-16(18)25-5/h6-8,11H,9-10H2,1-5H3/b17-11+. The quantitative estimate of drug-likeness (QED) is 0.823. The average molecular weight is 373 g/mol. The zero-order valence-corrected chi connectivity index (χ0v) is 16.5. The number of carbonyl (C=O) groups excluding carboxylic acids is 1. The number of methoxy groups -OCH3 is 2. The fourth-order valence-electron chi connectivity index (χ4n) is 3.07. The second-order valence-electron chi connectivity index (χ2n) is 6.03. The fraction of sp³-hybridized carbons (Fsp3) is 0.368. The minimum absolute atomic E-state index is 0.116. The van der Waals surface area contributed by atoms with Gasteiger partial charge in [-0.1, -0.05) is 6.07 Å². The first-order valence-electron chi connectivity index (χ1n) is 8.35. The molecule has 0 atom stereocenters. The number of aromatic nitrogens is 2. The van der Waals surface area contributed by atoms with Gasteiger partial charge < -0.3 is 14.4 Å². The Labute approximate surface area is 157 Å². The van der Waals surface area contributed by atoms with Crippen LogP contribution in [0, 0.1) is 13.8 Å². The Kier molecular flexibility index (Phi) is 5.27. The van der Waals surface area contributed by atoms with Crippen molar-refractivity contribution in [2.45, 2.75) is 13.8 Å². The molecule has 0 radical (unpaired) electrons. The monoisotopic (exact) mass is 373 g/mol. The third kappa shape index (κ3) is 3.19. The van der Waals surface area contributed by atoms with Crippen LogP contribution in [0.15, 0.2) is 23.2 Å². The van der Waals surface area contributed by atoms with Crippen molar-refractivity contribution in [2.75, 3.05) is 26.5 Å². The van der Waals surface area contributed by atoms with E-state index in [2.05, 4.69) is 11.2 Å². The van der Waals surface area contributed by atoms with Gasteiger partial charge in [-0.05, 0) is 32.1 Å². The van der Waals surface area contributed by atoms with E-state index in [4.69, 9.17) is 9.47 Å². The number of carbonyl (C=O) groups is 1. The second kappa shape index (κ2) is 7.45. The summed E-state index contributed by atoms with van der Waals surface area (Å²) in [5.41, 5.74) is 3.53. The molecule has 0 aliphatic carbocycles. The lowest BCUT2D eigenvalue weighted by atomic mass is 10.1. The molecule has 0 saturated carbocycles. The number of thioether (sulfide) groups is 1. The van der Waals surface area contributed by atoms with Crippen molar-refractivity contribution in [1.82, 2.24) is 14.7 Å². The molecule has 1 amide bonds. The van der Waals surface area contributed by atoms with Crippen LogP contribution in [0.5, 0.6) is 11.5 Å². The van der Waals surface area contributed by atoms with E-state index in [9.17, 15) is 4.79 Å². The van der Waals surface area contributed by atoms with Gasteiger partial charge in [0.05, 0.1) is 24.9 Å². The van der Waals surface area contributed by atoms with Crippen molar-refractivity contribution in [3.05, 3.63) is 45.7 Å². The number of aryl methyl sites for hydroxylation is 2. The lowest BCUT2D eigenvalue weighted by Gasteiger charge is -2.20. The predicted octanol–water partition coefficient (Wildman–Crippen LogP) is 3.24. The molecule has 6 nitrogen and oxygen atoms in total. The molecule has 0 unspecified atom stereocenters. The van der Waals surface area contributed by atoms with Crippen molar-refractivity contribution >= 4 is 23.7 Å². The van der Waals surface area contributed by atoms with Crippen molar-refractivity contribution in [3.8, 4) is 11.5 Å². The Morgan fingerprint density at radius 2 is 1.88 bits per heavy atom. The molecule has 0 bridgehead atoms. The molecule has 1 aliphatic heterocycles. The Bertz CT molecular complexity index is 851. The highest BCUT2D eigenvalue weighted by Gasteiger charge is 2.30. The lowest BCUT2D eigenvalue weighted by molar-refractivity contribution is 0.0824. The molecule has 0 spiro atoms. The zero-order chi connectivity index (χ0) is 18.8. The Balaban J connectivity index is 2.01. The van der Waals surface area contributed by atoms with Crippen LogP contribution in [0.1, 0.15) is 27.3 Å². The first-order valence-corrected chi connectivity index (χ1v) is 9.34. The maximum Gasteiger partial charge on any atom is 0.266 e. The van der Waals surface area contributed by atoms with Crippen LogP contribution in [-0.4, -0.2) is 47.1 Å². The van der Waals surface area contributed by atoms with E-state index < -0.39 is 0 Å². The number of amides is 1. The zero-order valence-electron chi connectivity index (χ0n) is 15.7. The minimum atomic E-state index is -0.116. The van der Waals surface area contributed by atoms with Gasteiger partial charge in [-0.2, -0.15) is 5.10 Å². The molecule has 1 saturated heterocycles. The Morgan fingerprint density at radius 1 is 1.23 bits per heavy atom. The number of hydrogen-bond acceptors (Lipinski definition) is 5. The van der Waals surface area contributed by atoms with Gasteiger partial charge >= 0.3 is 0 Å². The topological polar surface area (TPSA) is 56.6 Å². The van der Waals surface area contributed by atoms with Crippen LogP contribution in [0.4, 0.5) is 0 Å². The van der Waals surface area contributed by atoms with E-state index in [1.54, 1.807) is 43.0 Å². The molecule has 7 heteroatoms. The molecule has 3 rings (SSSR count). The number of benzene rings is 1. The summed E-state index contributed by atoms with van der Waals surface area (Å²) in [4.78, 5) is 15.1. The Morgan fingerprint density at radius 3 is 2.42 bits per heavy atom. The van der Waals surface area contributed by atoms with E-state index in [0.717, 1.165) is 27.7 Å². The maximum atomic E-state index is 13.3. The molecule has 1 aliphatic rings. The fourth-order valence-corrected chi connectivity index (χ4v) is 4.08. The molecule has 2 aromatic rings. The predicted molar refractivity (Wildman–Crippen MR) is 104 cm³/mol. The average Bonchev–Trinajstić information content (AvgIpc) is 3.20. The smallest absolute Gasteiger partial charge is 0.266 e. The summed E-state index contributed by atoms with van der Waals surface area (Å²) < 4.78 is 12.7. The van der Waals surface area contributed by atoms with E-state index in [-0.39, 0.29) is 5.91 Å². The normalized spacial score (nSPS) is 15.6. The molecular weight excluding hydrogens is 350 g/mol. The van der Waals surface area contributed by atoms with Gasteiger partial charge in [-0.15, -0.1) is 11.8 Å². The Hall–Kier alpha value is -2.41. The van der Waals surface area contributed by atoms with Crippen molar-refractivity contribution in [1.29, 1.82) is 0 Å². The van der Waals surface area contributed by atoms with E-state index in [1.807, 2.05) is 31.6 Å². The summed E-state index contributed by atoms with van der Waals surface area (Å²) in [5, 5.41) is 5.37. The summed E-state index contributed by atoms with van der Waals surface area (Å²) in [6.07, 6.45) is 2.05. The van der Waals surface area contributed by atoms with E-state index in [0.29, 0.717) is 23.6 Å². The van der Waals surface area contributed by atoms with Crippen LogP contribution in [-0.2, 0) is 7.05 Å². The SMILES string of the molecule is COc1cccc(OC)c1C(=O)N1CCS/C1=C/c1c(C)nn(C)c1C. The van der Waals surface area contributed by atoms with Crippen LogP contribution in [0.3, 0.4) is 0 Å². The third-order valence-electron chi connectivity index (χ3n) is 4.55. The maximum absolute atomic E-state index is 13.3. The highest BCUT2D eigenvalue weighted by molar-refractivity contribution is 8.03. The molecule has 1 aromatic carbocycles. The van der Waals surface area contributed by atoms with Gasteiger partial charge in [0.1, 0.15) is 17.1 Å². The number of hydrogen-bond donors (Lipinski definition) is 0. The summed E-state index contributed by atoms with van der Waals surface area (Å²) in [7, 11) is 5.04. The first kappa shape index (κ1) is 18.4. The number of rotatable bonds is 4. The molecule has 1 aromatic heterocycles. The van der Waals surface area contributed by atoms with Gasteiger partial charge in [0.25, 0.3) is 5.91 Å². The van der Waals surface area contributed by atoms with Gasteiger partial charge in [-0.25, -0.2) is 0 Å². The van der Waals surface area contributed by atoms with Crippen molar-refractivity contribution in [2.24, 2.45) is 7.05 Å². The molecule has 2 heterocycles. The molecule has 26 heavy (non-hydrogen) atoms. The summed E-state index contributed by atoms with van der Waals surface area (Å²) in [5.74, 6) is 1.77. The van der Waals surface area contributed by atoms with Gasteiger partial charge in [0.15, 0.2) is 0 Å². The molecular formula is C19H23N3O3S. The summed E-state index contributed by atoms with van der Waals surface area (Å²) >= 11 is 1.67. The largest absolute Gasteiger partial charge is 0.496 e. The summed E-state index contributed by atoms with van der Waals surface area (Å²) in [6, 6.07) is 5.36. The van der Waals surface area contributed by atoms with Gasteiger partial charge in [0, 0.05) is 30.6 Å². The minimum Gasteiger partial charge on any atom is -0.496 e. The van der Waals surface area contributed by atoms with E-state index in [1.165, 1.54) is 0 Å². The van der Waals surface area contributed by atoms with Crippen LogP contribution >= 0.6 is 11.8 Å². The van der Waals surface area contributed by atoms with Gasteiger partial charge in [0.2, 0.25) is 0 Å². The van der Waals surface area contributed by atoms with E-state index >= 15 is 0 Å². The van der Waals surface area contributed by atoms with Gasteiger partial charge in [-0.3, -0.25) is 9.48 Å². The molecule has 0 N–H and O–H groups in total. The molecule has 1 fully saturated rings. The molecule has 138 valence electrons.